The zero-order valence-corrected chi connectivity index (χ0v) is 17.7. The number of carboxylic acids is 1. The van der Waals surface area contributed by atoms with E-state index in [-0.39, 0.29) is 36.2 Å². The third-order valence-corrected chi connectivity index (χ3v) is 6.01. The van der Waals surface area contributed by atoms with E-state index < -0.39 is 29.0 Å². The van der Waals surface area contributed by atoms with E-state index >= 15 is 0 Å². The molecule has 2 heterocycles. The number of rotatable bonds is 6. The standard InChI is InChI=1S/C20H21FN4O3S.ClH/c21-16-4-2-1-3-14(16)18(19(26)11-5-6-11)25-10-15(20(27)28)17(29)8-13(25)7-12-9-22-24-23-12;/h1-4,7,9,11,15,17-18,29H,5-6,8,10H2,(H,27,28)(H,22,23,24);1H. The topological polar surface area (TPSA) is 99.2 Å². The van der Waals surface area contributed by atoms with Gasteiger partial charge in [-0.15, -0.1) is 12.4 Å². The Kier molecular flexibility index (Phi) is 6.82. The Morgan fingerprint density at radius 3 is 2.67 bits per heavy atom. The van der Waals surface area contributed by atoms with Gasteiger partial charge in [-0.1, -0.05) is 18.2 Å². The van der Waals surface area contributed by atoms with E-state index in [9.17, 15) is 19.1 Å². The van der Waals surface area contributed by atoms with Gasteiger partial charge in [0.2, 0.25) is 0 Å². The van der Waals surface area contributed by atoms with Crippen molar-refractivity contribution in [3.05, 3.63) is 53.2 Å². The highest BCUT2D eigenvalue weighted by Crippen LogP contribution is 2.42. The van der Waals surface area contributed by atoms with Crippen LogP contribution in [0.3, 0.4) is 0 Å². The average molecular weight is 453 g/mol. The number of carbonyl (C=O) groups excluding carboxylic acids is 1. The summed E-state index contributed by atoms with van der Waals surface area (Å²) < 4.78 is 14.7. The minimum absolute atomic E-state index is 0. The van der Waals surface area contributed by atoms with Gasteiger partial charge in [0.25, 0.3) is 0 Å². The largest absolute Gasteiger partial charge is 0.481 e. The highest BCUT2D eigenvalue weighted by molar-refractivity contribution is 7.81. The molecule has 3 unspecified atom stereocenters. The van der Waals surface area contributed by atoms with E-state index in [1.807, 2.05) is 0 Å². The third kappa shape index (κ3) is 4.52. The molecular formula is C20H22ClFN4O3S. The zero-order chi connectivity index (χ0) is 20.5. The first-order valence-electron chi connectivity index (χ1n) is 9.47. The van der Waals surface area contributed by atoms with E-state index in [1.165, 1.54) is 12.3 Å². The van der Waals surface area contributed by atoms with Crippen LogP contribution in [0.4, 0.5) is 4.39 Å². The normalized spacial score (nSPS) is 23.7. The second-order valence-electron chi connectivity index (χ2n) is 7.50. The molecule has 1 saturated carbocycles. The third-order valence-electron chi connectivity index (χ3n) is 5.47. The van der Waals surface area contributed by atoms with Crippen LogP contribution in [0.15, 0.2) is 36.2 Å². The van der Waals surface area contributed by atoms with Crippen molar-refractivity contribution in [3.8, 4) is 0 Å². The van der Waals surface area contributed by atoms with Crippen molar-refractivity contribution in [2.75, 3.05) is 6.54 Å². The van der Waals surface area contributed by atoms with Crippen molar-refractivity contribution < 1.29 is 19.1 Å². The summed E-state index contributed by atoms with van der Waals surface area (Å²) in [6.45, 7) is 0.0602. The minimum Gasteiger partial charge on any atom is -0.481 e. The van der Waals surface area contributed by atoms with E-state index in [4.69, 9.17) is 0 Å². The Morgan fingerprint density at radius 1 is 1.33 bits per heavy atom. The van der Waals surface area contributed by atoms with Crippen LogP contribution in [0, 0.1) is 17.7 Å². The lowest BCUT2D eigenvalue weighted by atomic mass is 9.89. The number of nitrogens with one attached hydrogen (secondary N) is 1. The van der Waals surface area contributed by atoms with Gasteiger partial charge in [0.1, 0.15) is 17.6 Å². The number of likely N-dealkylation sites (tertiary alicyclic amines) is 1. The number of nitrogens with zero attached hydrogens (tertiary/aromatic N) is 3. The number of hydrogen-bond acceptors (Lipinski definition) is 6. The van der Waals surface area contributed by atoms with E-state index in [0.717, 1.165) is 12.8 Å². The van der Waals surface area contributed by atoms with Crippen molar-refractivity contribution in [2.24, 2.45) is 11.8 Å². The molecule has 2 fully saturated rings. The quantitative estimate of drug-likeness (QED) is 0.582. The van der Waals surface area contributed by atoms with Gasteiger partial charge >= 0.3 is 5.97 Å². The first kappa shape index (κ1) is 22.3. The maximum atomic E-state index is 14.7. The fraction of sp³-hybridized carbons (Fsp3) is 0.400. The number of piperidine rings is 1. The number of halogens is 2. The molecular weight excluding hydrogens is 431 g/mol. The predicted octanol–water partition coefficient (Wildman–Crippen LogP) is 3.13. The molecule has 0 bridgehead atoms. The summed E-state index contributed by atoms with van der Waals surface area (Å²) in [5.41, 5.74) is 1.50. The number of carbonyl (C=O) groups is 2. The number of carboxylic acid groups (broad SMARTS) is 1. The Hall–Kier alpha value is -2.39. The number of allylic oxidation sites excluding steroid dienone is 1. The summed E-state index contributed by atoms with van der Waals surface area (Å²) in [4.78, 5) is 26.7. The van der Waals surface area contributed by atoms with Crippen molar-refractivity contribution >= 4 is 42.9 Å². The Balaban J connectivity index is 0.00000256. The molecule has 1 saturated heterocycles. The Labute approximate surface area is 184 Å². The number of aromatic nitrogens is 3. The molecule has 2 aliphatic rings. The molecule has 2 N–H and O–H groups in total. The number of benzene rings is 1. The lowest BCUT2D eigenvalue weighted by Crippen LogP contribution is -2.47. The van der Waals surface area contributed by atoms with Crippen LogP contribution in [0.1, 0.15) is 36.6 Å². The summed E-state index contributed by atoms with van der Waals surface area (Å²) >= 11 is 4.48. The number of ketones is 1. The van der Waals surface area contributed by atoms with Gasteiger partial charge < -0.3 is 10.0 Å². The van der Waals surface area contributed by atoms with Crippen LogP contribution in [0.25, 0.3) is 6.08 Å². The predicted molar refractivity (Wildman–Crippen MR) is 114 cm³/mol. The van der Waals surface area contributed by atoms with Gasteiger partial charge in [-0.3, -0.25) is 9.59 Å². The van der Waals surface area contributed by atoms with Crippen LogP contribution >= 0.6 is 25.0 Å². The van der Waals surface area contributed by atoms with Crippen molar-refractivity contribution in [3.63, 3.8) is 0 Å². The molecule has 1 aliphatic carbocycles. The minimum atomic E-state index is -0.985. The van der Waals surface area contributed by atoms with Gasteiger partial charge in [-0.05, 0) is 31.4 Å². The number of aromatic amines is 1. The first-order chi connectivity index (χ1) is 14.0. The van der Waals surface area contributed by atoms with E-state index in [1.54, 1.807) is 29.2 Å². The Bertz CT molecular complexity index is 951. The molecule has 1 aromatic carbocycles. The molecule has 160 valence electrons. The second kappa shape index (κ2) is 9.18. The number of aliphatic carboxylic acids is 1. The van der Waals surface area contributed by atoms with Crippen LogP contribution in [-0.2, 0) is 9.59 Å². The number of thiol groups is 1. The molecule has 2 aromatic rings. The van der Waals surface area contributed by atoms with Crippen LogP contribution in [-0.4, -0.2) is 49.0 Å². The summed E-state index contributed by atoms with van der Waals surface area (Å²) in [6, 6.07) is 5.29. The van der Waals surface area contributed by atoms with Gasteiger partial charge in [0, 0.05) is 29.0 Å². The summed E-state index contributed by atoms with van der Waals surface area (Å²) in [7, 11) is 0. The van der Waals surface area contributed by atoms with Crippen LogP contribution in [0.5, 0.6) is 0 Å². The fourth-order valence-corrected chi connectivity index (χ4v) is 4.20. The molecule has 0 radical (unpaired) electrons. The van der Waals surface area contributed by atoms with Crippen LogP contribution in [0.2, 0.25) is 0 Å². The molecule has 3 atom stereocenters. The van der Waals surface area contributed by atoms with Gasteiger partial charge in [0.15, 0.2) is 5.78 Å². The molecule has 1 aliphatic heterocycles. The highest BCUT2D eigenvalue weighted by atomic mass is 35.5. The van der Waals surface area contributed by atoms with Gasteiger partial charge in [0.05, 0.1) is 12.1 Å². The van der Waals surface area contributed by atoms with E-state index in [2.05, 4.69) is 28.0 Å². The summed E-state index contributed by atoms with van der Waals surface area (Å²) in [5.74, 6) is -2.45. The maximum Gasteiger partial charge on any atom is 0.309 e. The smallest absolute Gasteiger partial charge is 0.309 e. The highest BCUT2D eigenvalue weighted by Gasteiger charge is 2.44. The fourth-order valence-electron chi connectivity index (χ4n) is 3.79. The van der Waals surface area contributed by atoms with Crippen molar-refractivity contribution in [2.45, 2.75) is 30.6 Å². The summed E-state index contributed by atoms with van der Waals surface area (Å²) in [5, 5.41) is 19.6. The number of H-pyrrole nitrogens is 1. The Morgan fingerprint density at radius 2 is 2.07 bits per heavy atom. The summed E-state index contributed by atoms with van der Waals surface area (Å²) in [6.07, 6.45) is 5.15. The molecule has 4 rings (SSSR count). The van der Waals surface area contributed by atoms with Crippen molar-refractivity contribution in [1.29, 1.82) is 0 Å². The molecule has 1 aromatic heterocycles. The lowest BCUT2D eigenvalue weighted by molar-refractivity contribution is -0.144. The van der Waals surface area contributed by atoms with Crippen LogP contribution < -0.4 is 0 Å². The molecule has 7 nitrogen and oxygen atoms in total. The number of Topliss-reactive ketones (excluding diaryl/α,β-unsaturated/α-hetero) is 1. The maximum absolute atomic E-state index is 14.7. The zero-order valence-electron chi connectivity index (χ0n) is 15.9. The molecule has 0 spiro atoms. The van der Waals surface area contributed by atoms with E-state index in [0.29, 0.717) is 17.8 Å². The second-order valence-corrected chi connectivity index (χ2v) is 8.16. The first-order valence-corrected chi connectivity index (χ1v) is 9.99. The monoisotopic (exact) mass is 452 g/mol. The molecule has 0 amide bonds. The molecule has 10 heteroatoms. The average Bonchev–Trinajstić information content (AvgIpc) is 3.42. The molecule has 30 heavy (non-hydrogen) atoms. The van der Waals surface area contributed by atoms with Gasteiger partial charge in [-0.25, -0.2) is 4.39 Å². The SMILES string of the molecule is Cl.O=C(O)C1CN(C(C(=O)C2CC2)c2ccccc2F)C(=Cc2cn[nH]n2)CC1S. The number of hydrogen-bond donors (Lipinski definition) is 3. The van der Waals surface area contributed by atoms with Crippen molar-refractivity contribution in [1.82, 2.24) is 20.3 Å². The lowest BCUT2D eigenvalue weighted by Gasteiger charge is -2.42. The van der Waals surface area contributed by atoms with Gasteiger partial charge in [-0.2, -0.15) is 28.0 Å².